The zero-order valence-corrected chi connectivity index (χ0v) is 13.0. The fraction of sp³-hybridized carbons (Fsp3) is 0.769. The average Bonchev–Trinajstić information content (AvgIpc) is 2.33. The Morgan fingerprint density at radius 1 is 1.20 bits per heavy atom. The Hall–Kier alpha value is -1.79. The number of nitrogens with zero attached hydrogens (tertiary/aromatic N) is 1. The smallest absolute Gasteiger partial charge is 0.307 e. The quantitative estimate of drug-likeness (QED) is 0.364. The fourth-order valence-electron chi connectivity index (χ4n) is 1.34. The predicted molar refractivity (Wildman–Crippen MR) is 78.5 cm³/mol. The van der Waals surface area contributed by atoms with E-state index < -0.39 is 0 Å². The van der Waals surface area contributed by atoms with Gasteiger partial charge < -0.3 is 20.7 Å². The molecule has 0 bridgehead atoms. The number of ether oxygens (including phenoxy) is 1. The summed E-state index contributed by atoms with van der Waals surface area (Å²) in [5.74, 6) is 0.0574. The Morgan fingerprint density at radius 3 is 2.35 bits per heavy atom. The van der Waals surface area contributed by atoms with E-state index in [1.165, 1.54) is 7.11 Å². The molecule has 7 heteroatoms. The zero-order chi connectivity index (χ0) is 15.6. The van der Waals surface area contributed by atoms with Crippen LogP contribution in [0.25, 0.3) is 0 Å². The van der Waals surface area contributed by atoms with Crippen LogP contribution >= 0.6 is 0 Å². The van der Waals surface area contributed by atoms with Crippen LogP contribution in [0.15, 0.2) is 4.99 Å². The standard InChI is InChI=1S/C13H26N4O3/c1-6-14-12(15-8-7-11(19)20-5)16-9-10(18)17-13(2,3)4/h6-9H2,1-5H3,(H,17,18)(H2,14,15,16). The maximum Gasteiger partial charge on any atom is 0.307 e. The minimum atomic E-state index is -0.293. The van der Waals surface area contributed by atoms with Crippen molar-refractivity contribution in [2.45, 2.75) is 39.7 Å². The third-order valence-corrected chi connectivity index (χ3v) is 2.09. The number of carbonyl (C=O) groups excluding carboxylic acids is 2. The number of amides is 1. The fourth-order valence-corrected chi connectivity index (χ4v) is 1.34. The molecule has 0 saturated carbocycles. The van der Waals surface area contributed by atoms with Gasteiger partial charge in [0.1, 0.15) is 6.54 Å². The Bertz CT molecular complexity index is 348. The Labute approximate surface area is 120 Å². The number of methoxy groups -OCH3 is 1. The van der Waals surface area contributed by atoms with Gasteiger partial charge in [-0.2, -0.15) is 0 Å². The first-order chi connectivity index (χ1) is 9.28. The molecule has 0 aliphatic heterocycles. The summed E-state index contributed by atoms with van der Waals surface area (Å²) in [5.41, 5.74) is -0.275. The molecule has 0 spiro atoms. The van der Waals surface area contributed by atoms with Crippen LogP contribution in [0.5, 0.6) is 0 Å². The van der Waals surface area contributed by atoms with Gasteiger partial charge in [-0.05, 0) is 27.7 Å². The van der Waals surface area contributed by atoms with Crippen molar-refractivity contribution in [3.8, 4) is 0 Å². The SMILES string of the molecule is CCNC(=NCC(=O)NC(C)(C)C)NCCC(=O)OC. The van der Waals surface area contributed by atoms with Gasteiger partial charge in [0.25, 0.3) is 0 Å². The highest BCUT2D eigenvalue weighted by Gasteiger charge is 2.13. The summed E-state index contributed by atoms with van der Waals surface area (Å²) in [6.45, 7) is 8.76. The molecule has 0 unspecified atom stereocenters. The second kappa shape index (κ2) is 9.17. The second-order valence-electron chi connectivity index (χ2n) is 5.25. The van der Waals surface area contributed by atoms with Gasteiger partial charge in [-0.3, -0.25) is 9.59 Å². The average molecular weight is 286 g/mol. The van der Waals surface area contributed by atoms with Crippen LogP contribution in [0.3, 0.4) is 0 Å². The molecule has 0 saturated heterocycles. The maximum atomic E-state index is 11.6. The van der Waals surface area contributed by atoms with Gasteiger partial charge in [0.2, 0.25) is 5.91 Å². The van der Waals surface area contributed by atoms with Crippen LogP contribution in [0.4, 0.5) is 0 Å². The number of hydrogen-bond donors (Lipinski definition) is 3. The van der Waals surface area contributed by atoms with Crippen molar-refractivity contribution in [1.82, 2.24) is 16.0 Å². The third kappa shape index (κ3) is 10.2. The highest BCUT2D eigenvalue weighted by molar-refractivity contribution is 5.85. The molecule has 116 valence electrons. The lowest BCUT2D eigenvalue weighted by atomic mass is 10.1. The molecule has 1 amide bonds. The Kier molecular flexibility index (Phi) is 8.35. The van der Waals surface area contributed by atoms with Crippen LogP contribution < -0.4 is 16.0 Å². The number of rotatable bonds is 6. The molecule has 0 atom stereocenters. The molecular formula is C13H26N4O3. The predicted octanol–water partition coefficient (Wildman–Crippen LogP) is 0.0193. The number of carbonyl (C=O) groups is 2. The van der Waals surface area contributed by atoms with Crippen molar-refractivity contribution in [3.05, 3.63) is 0 Å². The van der Waals surface area contributed by atoms with Crippen molar-refractivity contribution in [2.75, 3.05) is 26.7 Å². The first-order valence-electron chi connectivity index (χ1n) is 6.68. The monoisotopic (exact) mass is 286 g/mol. The van der Waals surface area contributed by atoms with Crippen LogP contribution in [0, 0.1) is 0 Å². The minimum absolute atomic E-state index is 0.0326. The zero-order valence-electron chi connectivity index (χ0n) is 13.0. The summed E-state index contributed by atoms with van der Waals surface area (Å²) in [4.78, 5) is 26.8. The van der Waals surface area contributed by atoms with E-state index in [-0.39, 0.29) is 30.4 Å². The lowest BCUT2D eigenvalue weighted by Gasteiger charge is -2.20. The van der Waals surface area contributed by atoms with Gasteiger partial charge in [-0.1, -0.05) is 0 Å². The summed E-state index contributed by atoms with van der Waals surface area (Å²) < 4.78 is 4.54. The Morgan fingerprint density at radius 2 is 1.85 bits per heavy atom. The number of nitrogens with one attached hydrogen (secondary N) is 3. The van der Waals surface area contributed by atoms with E-state index in [1.54, 1.807) is 0 Å². The van der Waals surface area contributed by atoms with E-state index in [2.05, 4.69) is 25.7 Å². The van der Waals surface area contributed by atoms with Gasteiger partial charge in [0.15, 0.2) is 5.96 Å². The molecule has 0 heterocycles. The highest BCUT2D eigenvalue weighted by Crippen LogP contribution is 1.97. The number of hydrogen-bond acceptors (Lipinski definition) is 4. The largest absolute Gasteiger partial charge is 0.469 e. The molecule has 0 aromatic heterocycles. The molecule has 0 rings (SSSR count). The molecule has 0 aliphatic carbocycles. The van der Waals surface area contributed by atoms with Crippen LogP contribution in [-0.2, 0) is 14.3 Å². The third-order valence-electron chi connectivity index (χ3n) is 2.09. The minimum Gasteiger partial charge on any atom is -0.469 e. The van der Waals surface area contributed by atoms with E-state index in [9.17, 15) is 9.59 Å². The van der Waals surface area contributed by atoms with E-state index in [0.717, 1.165) is 0 Å². The molecule has 0 fully saturated rings. The normalized spacial score (nSPS) is 11.8. The summed E-state index contributed by atoms with van der Waals surface area (Å²) >= 11 is 0. The van der Waals surface area contributed by atoms with Gasteiger partial charge in [-0.15, -0.1) is 0 Å². The molecule has 3 N–H and O–H groups in total. The lowest BCUT2D eigenvalue weighted by Crippen LogP contribution is -2.43. The van der Waals surface area contributed by atoms with E-state index in [0.29, 0.717) is 19.0 Å². The molecule has 0 aromatic carbocycles. The topological polar surface area (TPSA) is 91.8 Å². The van der Waals surface area contributed by atoms with Crippen molar-refractivity contribution >= 4 is 17.8 Å². The number of esters is 1. The van der Waals surface area contributed by atoms with Gasteiger partial charge >= 0.3 is 5.97 Å². The Balaban J connectivity index is 4.25. The van der Waals surface area contributed by atoms with E-state index >= 15 is 0 Å². The van der Waals surface area contributed by atoms with Crippen molar-refractivity contribution in [1.29, 1.82) is 0 Å². The molecule has 20 heavy (non-hydrogen) atoms. The number of guanidine groups is 1. The number of aliphatic imine (C=N–C) groups is 1. The molecule has 7 nitrogen and oxygen atoms in total. The summed E-state index contributed by atoms with van der Waals surface area (Å²) in [6, 6.07) is 0. The van der Waals surface area contributed by atoms with Crippen LogP contribution in [0.2, 0.25) is 0 Å². The molecule has 0 aromatic rings. The molecule has 0 radical (unpaired) electrons. The first-order valence-corrected chi connectivity index (χ1v) is 6.68. The molecular weight excluding hydrogens is 260 g/mol. The van der Waals surface area contributed by atoms with Crippen molar-refractivity contribution in [3.63, 3.8) is 0 Å². The summed E-state index contributed by atoms with van der Waals surface area (Å²) in [7, 11) is 1.35. The van der Waals surface area contributed by atoms with E-state index in [4.69, 9.17) is 0 Å². The van der Waals surface area contributed by atoms with Crippen molar-refractivity contribution in [2.24, 2.45) is 4.99 Å². The maximum absolute atomic E-state index is 11.6. The summed E-state index contributed by atoms with van der Waals surface area (Å²) in [5, 5.41) is 8.79. The van der Waals surface area contributed by atoms with Gasteiger partial charge in [-0.25, -0.2) is 4.99 Å². The second-order valence-corrected chi connectivity index (χ2v) is 5.25. The van der Waals surface area contributed by atoms with Gasteiger partial charge in [0.05, 0.1) is 13.5 Å². The highest BCUT2D eigenvalue weighted by atomic mass is 16.5. The van der Waals surface area contributed by atoms with Gasteiger partial charge in [0, 0.05) is 18.6 Å². The lowest BCUT2D eigenvalue weighted by molar-refractivity contribution is -0.140. The molecule has 0 aliphatic rings. The van der Waals surface area contributed by atoms with Crippen LogP contribution in [0.1, 0.15) is 34.1 Å². The van der Waals surface area contributed by atoms with E-state index in [1.807, 2.05) is 27.7 Å². The first kappa shape index (κ1) is 18.2. The van der Waals surface area contributed by atoms with Crippen molar-refractivity contribution < 1.29 is 14.3 Å². The van der Waals surface area contributed by atoms with Crippen LogP contribution in [-0.4, -0.2) is 50.1 Å². The summed E-state index contributed by atoms with van der Waals surface area (Å²) in [6.07, 6.45) is 0.245.